The van der Waals surface area contributed by atoms with Crippen molar-refractivity contribution in [1.29, 1.82) is 0 Å². The van der Waals surface area contributed by atoms with Crippen LogP contribution in [-0.4, -0.2) is 22.6 Å². The average molecular weight is 220 g/mol. The summed E-state index contributed by atoms with van der Waals surface area (Å²) in [4.78, 5) is 22.0. The number of ketones is 1. The molecule has 0 aromatic heterocycles. The first-order valence-electron chi connectivity index (χ1n) is 4.65. The Labute approximate surface area is 92.6 Å². The maximum Gasteiger partial charge on any atom is 0.271 e. The lowest BCUT2D eigenvalue weighted by molar-refractivity contribution is -0.116. The fourth-order valence-electron chi connectivity index (χ4n) is 1.41. The molecule has 0 unspecified atom stereocenters. The molecular weight excluding hydrogens is 208 g/mol. The Kier molecular flexibility index (Phi) is 3.77. The molecule has 1 aromatic carbocycles. The van der Waals surface area contributed by atoms with Gasteiger partial charge in [0, 0.05) is 12.0 Å². The van der Waals surface area contributed by atoms with Gasteiger partial charge in [0.1, 0.15) is 5.78 Å². The Bertz CT molecular complexity index is 452. The summed E-state index contributed by atoms with van der Waals surface area (Å²) in [6.45, 7) is 1.44. The standard InChI is InChI=1S/C11H12N2O3/c1-7(14)6-8-4-2-3-5-9(8)10(13-16)11(12)15/h2-5,16H,6H2,1H3,(H2,12,15)/b13-10+. The highest BCUT2D eigenvalue weighted by atomic mass is 16.4. The Hall–Kier alpha value is -2.17. The number of Topliss-reactive ketones (excluding diaryl/α,β-unsaturated/α-hetero) is 1. The van der Waals surface area contributed by atoms with Crippen molar-refractivity contribution in [2.24, 2.45) is 10.9 Å². The molecule has 5 nitrogen and oxygen atoms in total. The van der Waals surface area contributed by atoms with Gasteiger partial charge in [-0.1, -0.05) is 29.4 Å². The van der Waals surface area contributed by atoms with E-state index in [1.54, 1.807) is 24.3 Å². The minimum absolute atomic E-state index is 0.0470. The van der Waals surface area contributed by atoms with E-state index >= 15 is 0 Å². The average Bonchev–Trinajstić information content (AvgIpc) is 2.20. The van der Waals surface area contributed by atoms with Gasteiger partial charge in [-0.2, -0.15) is 0 Å². The number of amides is 1. The molecular formula is C11H12N2O3. The van der Waals surface area contributed by atoms with E-state index in [4.69, 9.17) is 10.9 Å². The second-order valence-corrected chi connectivity index (χ2v) is 3.35. The number of hydrogen-bond donors (Lipinski definition) is 2. The van der Waals surface area contributed by atoms with Crippen LogP contribution in [0.4, 0.5) is 0 Å². The van der Waals surface area contributed by atoms with Crippen LogP contribution < -0.4 is 5.73 Å². The molecule has 1 aromatic rings. The molecule has 84 valence electrons. The van der Waals surface area contributed by atoms with E-state index in [-0.39, 0.29) is 17.9 Å². The van der Waals surface area contributed by atoms with Gasteiger partial charge in [0.25, 0.3) is 5.91 Å². The van der Waals surface area contributed by atoms with Gasteiger partial charge in [0.05, 0.1) is 0 Å². The van der Waals surface area contributed by atoms with Crippen LogP contribution in [0.25, 0.3) is 0 Å². The summed E-state index contributed by atoms with van der Waals surface area (Å²) >= 11 is 0. The number of nitrogens with zero attached hydrogens (tertiary/aromatic N) is 1. The quantitative estimate of drug-likeness (QED) is 0.439. The third-order valence-electron chi connectivity index (χ3n) is 2.05. The molecule has 0 aliphatic rings. The lowest BCUT2D eigenvalue weighted by Gasteiger charge is -2.06. The zero-order valence-electron chi connectivity index (χ0n) is 8.80. The van der Waals surface area contributed by atoms with Gasteiger partial charge in [-0.05, 0) is 12.5 Å². The molecule has 0 fully saturated rings. The molecule has 0 aliphatic heterocycles. The van der Waals surface area contributed by atoms with Crippen LogP contribution in [0.1, 0.15) is 18.1 Å². The predicted octanol–water partition coefficient (Wildman–Crippen LogP) is 0.482. The van der Waals surface area contributed by atoms with Crippen LogP contribution in [0.5, 0.6) is 0 Å². The van der Waals surface area contributed by atoms with Crippen molar-refractivity contribution in [3.05, 3.63) is 35.4 Å². The van der Waals surface area contributed by atoms with Crippen molar-refractivity contribution in [1.82, 2.24) is 0 Å². The van der Waals surface area contributed by atoms with Crippen LogP contribution in [-0.2, 0) is 16.0 Å². The molecule has 0 atom stereocenters. The highest BCUT2D eigenvalue weighted by molar-refractivity contribution is 6.45. The fourth-order valence-corrected chi connectivity index (χ4v) is 1.41. The summed E-state index contributed by atoms with van der Waals surface area (Å²) in [5.74, 6) is -0.882. The van der Waals surface area contributed by atoms with Crippen LogP contribution in [0, 0.1) is 0 Å². The lowest BCUT2D eigenvalue weighted by Crippen LogP contribution is -2.25. The van der Waals surface area contributed by atoms with Crippen molar-refractivity contribution >= 4 is 17.4 Å². The van der Waals surface area contributed by atoms with E-state index in [2.05, 4.69) is 5.16 Å². The molecule has 3 N–H and O–H groups in total. The van der Waals surface area contributed by atoms with E-state index < -0.39 is 5.91 Å². The van der Waals surface area contributed by atoms with Crippen molar-refractivity contribution in [3.8, 4) is 0 Å². The van der Waals surface area contributed by atoms with E-state index in [1.165, 1.54) is 6.92 Å². The largest absolute Gasteiger partial charge is 0.410 e. The summed E-state index contributed by atoms with van der Waals surface area (Å²) in [7, 11) is 0. The van der Waals surface area contributed by atoms with Crippen molar-refractivity contribution < 1.29 is 14.8 Å². The number of nitrogens with two attached hydrogens (primary N) is 1. The SMILES string of the molecule is CC(=O)Cc1ccccc1/C(=N\O)C(N)=O. The number of oxime groups is 1. The predicted molar refractivity (Wildman–Crippen MR) is 58.3 cm³/mol. The van der Waals surface area contributed by atoms with E-state index in [1.807, 2.05) is 0 Å². The first kappa shape index (κ1) is 11.9. The molecule has 0 bridgehead atoms. The number of hydrogen-bond acceptors (Lipinski definition) is 4. The number of rotatable bonds is 4. The molecule has 0 radical (unpaired) electrons. The normalized spacial score (nSPS) is 11.2. The van der Waals surface area contributed by atoms with Gasteiger partial charge in [-0.3, -0.25) is 9.59 Å². The van der Waals surface area contributed by atoms with Crippen molar-refractivity contribution in [2.45, 2.75) is 13.3 Å². The Morgan fingerprint density at radius 1 is 1.38 bits per heavy atom. The summed E-state index contributed by atoms with van der Waals surface area (Å²) < 4.78 is 0. The minimum atomic E-state index is -0.835. The third-order valence-corrected chi connectivity index (χ3v) is 2.05. The summed E-state index contributed by atoms with van der Waals surface area (Å²) in [6.07, 6.45) is 0.169. The first-order chi connectivity index (χ1) is 7.56. The maximum absolute atomic E-state index is 11.0. The number of carbonyl (C=O) groups excluding carboxylic acids is 2. The topological polar surface area (TPSA) is 92.8 Å². The zero-order valence-corrected chi connectivity index (χ0v) is 8.80. The Balaban J connectivity index is 3.22. The van der Waals surface area contributed by atoms with E-state index in [0.717, 1.165) is 0 Å². The molecule has 1 rings (SSSR count). The van der Waals surface area contributed by atoms with Gasteiger partial charge in [-0.15, -0.1) is 0 Å². The van der Waals surface area contributed by atoms with Gasteiger partial charge in [-0.25, -0.2) is 0 Å². The third kappa shape index (κ3) is 2.66. The molecule has 0 saturated heterocycles. The van der Waals surface area contributed by atoms with Crippen molar-refractivity contribution in [3.63, 3.8) is 0 Å². The van der Waals surface area contributed by atoms with Gasteiger partial charge in [0.15, 0.2) is 5.71 Å². The first-order valence-corrected chi connectivity index (χ1v) is 4.65. The molecule has 0 saturated carbocycles. The van der Waals surface area contributed by atoms with Crippen LogP contribution in [0.3, 0.4) is 0 Å². The molecule has 16 heavy (non-hydrogen) atoms. The summed E-state index contributed by atoms with van der Waals surface area (Å²) in [5, 5.41) is 11.6. The number of benzene rings is 1. The van der Waals surface area contributed by atoms with Gasteiger partial charge < -0.3 is 10.9 Å². The van der Waals surface area contributed by atoms with Gasteiger partial charge >= 0.3 is 0 Å². The van der Waals surface area contributed by atoms with E-state index in [9.17, 15) is 9.59 Å². The number of primary amides is 1. The molecule has 0 heterocycles. The lowest BCUT2D eigenvalue weighted by atomic mass is 9.99. The molecule has 1 amide bonds. The summed E-state index contributed by atoms with van der Waals surface area (Å²) in [6, 6.07) is 6.67. The summed E-state index contributed by atoms with van der Waals surface area (Å²) in [5.41, 5.74) is 5.82. The molecule has 0 aliphatic carbocycles. The minimum Gasteiger partial charge on any atom is -0.410 e. The Morgan fingerprint density at radius 2 is 2.00 bits per heavy atom. The highest BCUT2D eigenvalue weighted by Gasteiger charge is 2.15. The van der Waals surface area contributed by atoms with Crippen molar-refractivity contribution in [2.75, 3.05) is 0 Å². The maximum atomic E-state index is 11.0. The van der Waals surface area contributed by atoms with Crippen LogP contribution >= 0.6 is 0 Å². The molecule has 5 heteroatoms. The van der Waals surface area contributed by atoms with E-state index in [0.29, 0.717) is 11.1 Å². The monoisotopic (exact) mass is 220 g/mol. The highest BCUT2D eigenvalue weighted by Crippen LogP contribution is 2.11. The smallest absolute Gasteiger partial charge is 0.271 e. The second-order valence-electron chi connectivity index (χ2n) is 3.35. The zero-order chi connectivity index (χ0) is 12.1. The van der Waals surface area contributed by atoms with Crippen LogP contribution in [0.2, 0.25) is 0 Å². The number of carbonyl (C=O) groups is 2. The molecule has 0 spiro atoms. The second kappa shape index (κ2) is 5.06. The van der Waals surface area contributed by atoms with Crippen LogP contribution in [0.15, 0.2) is 29.4 Å². The fraction of sp³-hybridized carbons (Fsp3) is 0.182. The Morgan fingerprint density at radius 3 is 2.50 bits per heavy atom. The van der Waals surface area contributed by atoms with Gasteiger partial charge in [0.2, 0.25) is 0 Å².